The number of piperidine rings is 1. The summed E-state index contributed by atoms with van der Waals surface area (Å²) >= 11 is 0. The first-order chi connectivity index (χ1) is 12.4. The van der Waals surface area contributed by atoms with Gasteiger partial charge >= 0.3 is 0 Å². The Morgan fingerprint density at radius 1 is 1.08 bits per heavy atom. The molecule has 1 aromatic carbocycles. The fraction of sp³-hybridized carbons (Fsp3) is 0.714. The van der Waals surface area contributed by atoms with Crippen LogP contribution in [0.15, 0.2) is 12.1 Å². The van der Waals surface area contributed by atoms with Crippen LogP contribution >= 0.6 is 0 Å². The van der Waals surface area contributed by atoms with Crippen molar-refractivity contribution in [3.8, 4) is 11.5 Å². The Kier molecular flexibility index (Phi) is 4.88. The van der Waals surface area contributed by atoms with E-state index < -0.39 is 0 Å². The lowest BCUT2D eigenvalue weighted by Gasteiger charge is -2.45. The number of nitrogens with zero attached hydrogens (tertiary/aromatic N) is 1. The standard InChI is InChI=1S/C21H31NO4/c1-21(2,3)26-15-5-6-18-17-10-19(23-4)20(25-16-12-24-13-16)9-14(17)7-8-22(18)11-15/h9-10,15-16,18H,5-8,11-13H2,1-4H3. The van der Waals surface area contributed by atoms with Crippen LogP contribution in [0, 0.1) is 0 Å². The zero-order valence-electron chi connectivity index (χ0n) is 16.4. The molecule has 2 unspecified atom stereocenters. The molecule has 0 N–H and O–H groups in total. The molecule has 144 valence electrons. The molecule has 5 nitrogen and oxygen atoms in total. The van der Waals surface area contributed by atoms with Crippen LogP contribution in [0.5, 0.6) is 11.5 Å². The van der Waals surface area contributed by atoms with Crippen LogP contribution in [0.2, 0.25) is 0 Å². The average molecular weight is 361 g/mol. The molecule has 0 aliphatic carbocycles. The minimum absolute atomic E-state index is 0.0775. The summed E-state index contributed by atoms with van der Waals surface area (Å²) in [5, 5.41) is 0. The minimum atomic E-state index is -0.0775. The van der Waals surface area contributed by atoms with Crippen molar-refractivity contribution in [1.82, 2.24) is 4.90 Å². The first-order valence-corrected chi connectivity index (χ1v) is 9.80. The molecule has 0 bridgehead atoms. The van der Waals surface area contributed by atoms with E-state index in [0.29, 0.717) is 25.4 Å². The number of hydrogen-bond donors (Lipinski definition) is 0. The summed E-state index contributed by atoms with van der Waals surface area (Å²) in [7, 11) is 1.72. The molecule has 0 radical (unpaired) electrons. The van der Waals surface area contributed by atoms with Crippen molar-refractivity contribution in [2.75, 3.05) is 33.4 Å². The molecular weight excluding hydrogens is 330 g/mol. The Morgan fingerprint density at radius 3 is 2.54 bits per heavy atom. The van der Waals surface area contributed by atoms with Gasteiger partial charge in [0.1, 0.15) is 6.10 Å². The Hall–Kier alpha value is -1.30. The van der Waals surface area contributed by atoms with Gasteiger partial charge in [-0.05, 0) is 63.3 Å². The highest BCUT2D eigenvalue weighted by Gasteiger charge is 2.36. The fourth-order valence-electron chi connectivity index (χ4n) is 4.32. The number of ether oxygens (including phenoxy) is 4. The molecule has 4 rings (SSSR count). The van der Waals surface area contributed by atoms with E-state index in [1.807, 2.05) is 0 Å². The molecule has 2 saturated heterocycles. The van der Waals surface area contributed by atoms with Crippen LogP contribution in [0.25, 0.3) is 0 Å². The molecule has 1 aromatic rings. The first kappa shape index (κ1) is 18.1. The normalized spacial score (nSPS) is 26.6. The lowest BCUT2D eigenvalue weighted by atomic mass is 9.85. The summed E-state index contributed by atoms with van der Waals surface area (Å²) in [5.41, 5.74) is 2.73. The predicted octanol–water partition coefficient (Wildman–Crippen LogP) is 3.35. The van der Waals surface area contributed by atoms with Gasteiger partial charge in [-0.2, -0.15) is 0 Å². The Labute approximate surface area is 156 Å². The maximum Gasteiger partial charge on any atom is 0.162 e. The average Bonchev–Trinajstić information content (AvgIpc) is 2.55. The van der Waals surface area contributed by atoms with Crippen molar-refractivity contribution in [2.24, 2.45) is 0 Å². The number of hydrogen-bond acceptors (Lipinski definition) is 5. The maximum atomic E-state index is 6.24. The van der Waals surface area contributed by atoms with Gasteiger partial charge in [-0.25, -0.2) is 0 Å². The second kappa shape index (κ2) is 7.02. The van der Waals surface area contributed by atoms with Crippen LogP contribution in [0.3, 0.4) is 0 Å². The van der Waals surface area contributed by atoms with Crippen molar-refractivity contribution in [3.05, 3.63) is 23.3 Å². The third-order valence-electron chi connectivity index (χ3n) is 5.52. The van der Waals surface area contributed by atoms with Crippen LogP contribution in [-0.4, -0.2) is 56.1 Å². The molecule has 2 fully saturated rings. The van der Waals surface area contributed by atoms with E-state index >= 15 is 0 Å². The molecule has 3 heterocycles. The third-order valence-corrected chi connectivity index (χ3v) is 5.52. The number of rotatable bonds is 4. The van der Waals surface area contributed by atoms with Gasteiger partial charge in [0, 0.05) is 19.1 Å². The lowest BCUT2D eigenvalue weighted by Crippen LogP contribution is -2.47. The molecule has 0 amide bonds. The number of methoxy groups -OCH3 is 1. The topological polar surface area (TPSA) is 40.2 Å². The quantitative estimate of drug-likeness (QED) is 0.822. The third kappa shape index (κ3) is 3.71. The zero-order chi connectivity index (χ0) is 18.3. The van der Waals surface area contributed by atoms with Gasteiger partial charge in [-0.15, -0.1) is 0 Å². The Bertz CT molecular complexity index is 650. The molecule has 26 heavy (non-hydrogen) atoms. The number of benzene rings is 1. The summed E-state index contributed by atoms with van der Waals surface area (Å²) in [6.45, 7) is 9.87. The summed E-state index contributed by atoms with van der Waals surface area (Å²) in [5.74, 6) is 1.70. The van der Waals surface area contributed by atoms with E-state index in [-0.39, 0.29) is 11.7 Å². The second-order valence-electron chi connectivity index (χ2n) is 8.67. The van der Waals surface area contributed by atoms with E-state index in [0.717, 1.165) is 43.9 Å². The molecule has 0 aromatic heterocycles. The van der Waals surface area contributed by atoms with Crippen molar-refractivity contribution in [2.45, 2.75) is 63.9 Å². The summed E-state index contributed by atoms with van der Waals surface area (Å²) in [6, 6.07) is 4.86. The van der Waals surface area contributed by atoms with E-state index in [1.54, 1.807) is 7.11 Å². The van der Waals surface area contributed by atoms with Crippen molar-refractivity contribution < 1.29 is 18.9 Å². The molecular formula is C21H31NO4. The monoisotopic (exact) mass is 361 g/mol. The van der Waals surface area contributed by atoms with Crippen molar-refractivity contribution >= 4 is 0 Å². The second-order valence-corrected chi connectivity index (χ2v) is 8.67. The SMILES string of the molecule is COc1cc2c(cc1OC1COC1)CCN1CC(OC(C)(C)C)CCC21. The first-order valence-electron chi connectivity index (χ1n) is 9.80. The molecule has 3 aliphatic rings. The number of fused-ring (bicyclic) bond motifs is 3. The van der Waals surface area contributed by atoms with Crippen LogP contribution < -0.4 is 9.47 Å². The van der Waals surface area contributed by atoms with E-state index in [4.69, 9.17) is 18.9 Å². The Balaban J connectivity index is 1.52. The smallest absolute Gasteiger partial charge is 0.162 e. The van der Waals surface area contributed by atoms with Gasteiger partial charge in [0.15, 0.2) is 11.5 Å². The van der Waals surface area contributed by atoms with Gasteiger partial charge in [0.05, 0.1) is 32.0 Å². The highest BCUT2D eigenvalue weighted by molar-refractivity contribution is 5.49. The highest BCUT2D eigenvalue weighted by atomic mass is 16.6. The molecule has 0 saturated carbocycles. The van der Waals surface area contributed by atoms with Gasteiger partial charge in [-0.3, -0.25) is 4.90 Å². The van der Waals surface area contributed by atoms with Crippen molar-refractivity contribution in [1.29, 1.82) is 0 Å². The van der Waals surface area contributed by atoms with Crippen molar-refractivity contribution in [3.63, 3.8) is 0 Å². The summed E-state index contributed by atoms with van der Waals surface area (Å²) < 4.78 is 23.2. The molecule has 2 atom stereocenters. The zero-order valence-corrected chi connectivity index (χ0v) is 16.4. The summed E-state index contributed by atoms with van der Waals surface area (Å²) in [6.07, 6.45) is 3.78. The highest BCUT2D eigenvalue weighted by Crippen LogP contribution is 2.42. The van der Waals surface area contributed by atoms with E-state index in [1.165, 1.54) is 11.1 Å². The van der Waals surface area contributed by atoms with Crippen LogP contribution in [-0.2, 0) is 15.9 Å². The van der Waals surface area contributed by atoms with Gasteiger partial charge in [-0.1, -0.05) is 0 Å². The predicted molar refractivity (Wildman–Crippen MR) is 100 cm³/mol. The van der Waals surface area contributed by atoms with Crippen LogP contribution in [0.1, 0.15) is 50.8 Å². The van der Waals surface area contributed by atoms with Crippen LogP contribution in [0.4, 0.5) is 0 Å². The van der Waals surface area contributed by atoms with Gasteiger partial charge < -0.3 is 18.9 Å². The van der Waals surface area contributed by atoms with E-state index in [9.17, 15) is 0 Å². The molecule has 5 heteroatoms. The van der Waals surface area contributed by atoms with Gasteiger partial charge in [0.2, 0.25) is 0 Å². The largest absolute Gasteiger partial charge is 0.493 e. The Morgan fingerprint density at radius 2 is 1.88 bits per heavy atom. The summed E-state index contributed by atoms with van der Waals surface area (Å²) in [4.78, 5) is 2.59. The lowest BCUT2D eigenvalue weighted by molar-refractivity contribution is -0.0972. The molecule has 3 aliphatic heterocycles. The molecule has 0 spiro atoms. The fourth-order valence-corrected chi connectivity index (χ4v) is 4.32. The van der Waals surface area contributed by atoms with E-state index in [2.05, 4.69) is 37.8 Å². The minimum Gasteiger partial charge on any atom is -0.493 e. The van der Waals surface area contributed by atoms with Gasteiger partial charge in [0.25, 0.3) is 0 Å². The maximum absolute atomic E-state index is 6.24.